The van der Waals surface area contributed by atoms with Crippen LogP contribution in [-0.2, 0) is 4.79 Å². The van der Waals surface area contributed by atoms with Gasteiger partial charge in [-0.05, 0) is 33.4 Å². The number of carbonyl (C=O) groups is 1. The van der Waals surface area contributed by atoms with Crippen LogP contribution in [0.4, 0.5) is 0 Å². The second-order valence-electron chi connectivity index (χ2n) is 4.66. The molecule has 0 saturated heterocycles. The van der Waals surface area contributed by atoms with Crippen LogP contribution >= 0.6 is 0 Å². The molecule has 0 aliphatic rings. The predicted molar refractivity (Wildman–Crippen MR) is 63.6 cm³/mol. The van der Waals surface area contributed by atoms with E-state index in [1.807, 2.05) is 7.05 Å². The van der Waals surface area contributed by atoms with Crippen molar-refractivity contribution in [3.05, 3.63) is 0 Å². The fourth-order valence-corrected chi connectivity index (χ4v) is 1.65. The molecule has 0 aromatic heterocycles. The van der Waals surface area contributed by atoms with Crippen molar-refractivity contribution in [1.29, 1.82) is 0 Å². The SMILES string of the molecule is CNC(CN(C)C(C)CC(C)C)C(N)=O. The maximum Gasteiger partial charge on any atom is 0.235 e. The summed E-state index contributed by atoms with van der Waals surface area (Å²) < 4.78 is 0. The molecule has 0 fully saturated rings. The van der Waals surface area contributed by atoms with E-state index < -0.39 is 0 Å². The summed E-state index contributed by atoms with van der Waals surface area (Å²) in [5.74, 6) is 0.380. The lowest BCUT2D eigenvalue weighted by Gasteiger charge is -2.28. The van der Waals surface area contributed by atoms with Crippen molar-refractivity contribution in [1.82, 2.24) is 10.2 Å². The molecule has 4 heteroatoms. The van der Waals surface area contributed by atoms with Crippen molar-refractivity contribution in [2.75, 3.05) is 20.6 Å². The molecule has 4 nitrogen and oxygen atoms in total. The van der Waals surface area contributed by atoms with Crippen LogP contribution in [0.15, 0.2) is 0 Å². The molecular formula is C11H25N3O. The van der Waals surface area contributed by atoms with Crippen molar-refractivity contribution in [3.8, 4) is 0 Å². The van der Waals surface area contributed by atoms with Gasteiger partial charge in [0.25, 0.3) is 0 Å². The summed E-state index contributed by atoms with van der Waals surface area (Å²) in [6, 6.07) is 0.213. The van der Waals surface area contributed by atoms with E-state index in [2.05, 4.69) is 31.0 Å². The van der Waals surface area contributed by atoms with Gasteiger partial charge in [0.1, 0.15) is 0 Å². The third-order valence-corrected chi connectivity index (χ3v) is 2.73. The Balaban J connectivity index is 4.09. The maximum absolute atomic E-state index is 11.0. The molecule has 0 aliphatic carbocycles. The van der Waals surface area contributed by atoms with E-state index in [1.54, 1.807) is 7.05 Å². The quantitative estimate of drug-likeness (QED) is 0.647. The fourth-order valence-electron chi connectivity index (χ4n) is 1.65. The van der Waals surface area contributed by atoms with Gasteiger partial charge in [-0.15, -0.1) is 0 Å². The molecule has 0 aliphatic heterocycles. The first-order valence-electron chi connectivity index (χ1n) is 5.55. The lowest BCUT2D eigenvalue weighted by molar-refractivity contribution is -0.120. The van der Waals surface area contributed by atoms with E-state index in [-0.39, 0.29) is 11.9 Å². The van der Waals surface area contributed by atoms with E-state index in [4.69, 9.17) is 5.73 Å². The summed E-state index contributed by atoms with van der Waals surface area (Å²) in [5, 5.41) is 2.92. The zero-order valence-electron chi connectivity index (χ0n) is 10.6. The number of nitrogens with two attached hydrogens (primary N) is 1. The molecule has 0 spiro atoms. The van der Waals surface area contributed by atoms with Crippen LogP contribution in [0.3, 0.4) is 0 Å². The molecule has 0 aromatic carbocycles. The van der Waals surface area contributed by atoms with Gasteiger partial charge >= 0.3 is 0 Å². The minimum absolute atomic E-state index is 0.260. The largest absolute Gasteiger partial charge is 0.368 e. The molecule has 0 aromatic rings. The Bertz CT molecular complexity index is 194. The fraction of sp³-hybridized carbons (Fsp3) is 0.909. The number of hydrogen-bond donors (Lipinski definition) is 2. The van der Waals surface area contributed by atoms with E-state index in [1.165, 1.54) is 0 Å². The number of carbonyl (C=O) groups excluding carboxylic acids is 1. The van der Waals surface area contributed by atoms with Crippen molar-refractivity contribution in [3.63, 3.8) is 0 Å². The van der Waals surface area contributed by atoms with Crippen LogP contribution in [0.5, 0.6) is 0 Å². The second kappa shape index (κ2) is 6.80. The maximum atomic E-state index is 11.0. The third-order valence-electron chi connectivity index (χ3n) is 2.73. The predicted octanol–water partition coefficient (Wildman–Crippen LogP) is 0.426. The average Bonchev–Trinajstić information content (AvgIpc) is 2.11. The number of nitrogens with one attached hydrogen (secondary N) is 1. The number of amides is 1. The highest BCUT2D eigenvalue weighted by Gasteiger charge is 2.18. The van der Waals surface area contributed by atoms with Gasteiger partial charge in [-0.3, -0.25) is 4.79 Å². The van der Waals surface area contributed by atoms with Crippen molar-refractivity contribution in [2.24, 2.45) is 11.7 Å². The van der Waals surface area contributed by atoms with Gasteiger partial charge in [0.15, 0.2) is 0 Å². The average molecular weight is 215 g/mol. The summed E-state index contributed by atoms with van der Waals surface area (Å²) in [6.45, 7) is 7.25. The van der Waals surface area contributed by atoms with Gasteiger partial charge in [0.2, 0.25) is 5.91 Å². The third kappa shape index (κ3) is 5.74. The van der Waals surface area contributed by atoms with E-state index in [9.17, 15) is 4.79 Å². The van der Waals surface area contributed by atoms with Crippen LogP contribution < -0.4 is 11.1 Å². The molecule has 0 bridgehead atoms. The number of rotatable bonds is 7. The highest BCUT2D eigenvalue weighted by molar-refractivity contribution is 5.80. The Morgan fingerprint density at radius 1 is 1.40 bits per heavy atom. The zero-order valence-corrected chi connectivity index (χ0v) is 10.6. The summed E-state index contributed by atoms with van der Waals surface area (Å²) in [7, 11) is 3.79. The van der Waals surface area contributed by atoms with Crippen LogP contribution in [-0.4, -0.2) is 43.5 Å². The van der Waals surface area contributed by atoms with E-state index in [0.29, 0.717) is 18.5 Å². The minimum atomic E-state index is -0.291. The monoisotopic (exact) mass is 215 g/mol. The second-order valence-corrected chi connectivity index (χ2v) is 4.66. The molecule has 0 saturated carbocycles. The summed E-state index contributed by atoms with van der Waals surface area (Å²) in [6.07, 6.45) is 1.13. The molecular weight excluding hydrogens is 190 g/mol. The van der Waals surface area contributed by atoms with Crippen molar-refractivity contribution < 1.29 is 4.79 Å². The molecule has 0 radical (unpaired) electrons. The molecule has 0 heterocycles. The highest BCUT2D eigenvalue weighted by Crippen LogP contribution is 2.09. The van der Waals surface area contributed by atoms with Gasteiger partial charge in [0.05, 0.1) is 6.04 Å². The molecule has 15 heavy (non-hydrogen) atoms. The molecule has 90 valence electrons. The molecule has 2 unspecified atom stereocenters. The van der Waals surface area contributed by atoms with Crippen LogP contribution in [0, 0.1) is 5.92 Å². The van der Waals surface area contributed by atoms with Crippen molar-refractivity contribution >= 4 is 5.91 Å². The standard InChI is InChI=1S/C11H25N3O/c1-8(2)6-9(3)14(5)7-10(13-4)11(12)15/h8-10,13H,6-7H2,1-5H3,(H2,12,15). The highest BCUT2D eigenvalue weighted by atomic mass is 16.1. The van der Waals surface area contributed by atoms with Gasteiger partial charge in [-0.25, -0.2) is 0 Å². The van der Waals surface area contributed by atoms with Gasteiger partial charge in [-0.1, -0.05) is 13.8 Å². The topological polar surface area (TPSA) is 58.4 Å². The zero-order chi connectivity index (χ0) is 12.0. The molecule has 3 N–H and O–H groups in total. The number of nitrogens with zero attached hydrogens (tertiary/aromatic N) is 1. The van der Waals surface area contributed by atoms with Crippen LogP contribution in [0.1, 0.15) is 27.2 Å². The normalized spacial score (nSPS) is 15.7. The van der Waals surface area contributed by atoms with Gasteiger partial charge < -0.3 is 16.0 Å². The summed E-state index contributed by atoms with van der Waals surface area (Å²) in [4.78, 5) is 13.2. The lowest BCUT2D eigenvalue weighted by Crippen LogP contribution is -2.48. The smallest absolute Gasteiger partial charge is 0.235 e. The first-order chi connectivity index (χ1) is 6.88. The minimum Gasteiger partial charge on any atom is -0.368 e. The van der Waals surface area contributed by atoms with Crippen molar-refractivity contribution in [2.45, 2.75) is 39.3 Å². The molecule has 2 atom stereocenters. The Morgan fingerprint density at radius 2 is 1.93 bits per heavy atom. The van der Waals surface area contributed by atoms with Crippen LogP contribution in [0.25, 0.3) is 0 Å². The Morgan fingerprint density at radius 3 is 2.27 bits per heavy atom. The van der Waals surface area contributed by atoms with Gasteiger partial charge in [-0.2, -0.15) is 0 Å². The van der Waals surface area contributed by atoms with Crippen LogP contribution in [0.2, 0.25) is 0 Å². The first-order valence-corrected chi connectivity index (χ1v) is 5.55. The summed E-state index contributed by atoms with van der Waals surface area (Å²) in [5.41, 5.74) is 5.27. The Hall–Kier alpha value is -0.610. The number of likely N-dealkylation sites (N-methyl/N-ethyl adjacent to an activating group) is 2. The summed E-state index contributed by atoms with van der Waals surface area (Å²) >= 11 is 0. The lowest BCUT2D eigenvalue weighted by atomic mass is 10.0. The van der Waals surface area contributed by atoms with E-state index in [0.717, 1.165) is 6.42 Å². The number of hydrogen-bond acceptors (Lipinski definition) is 3. The molecule has 1 amide bonds. The number of primary amides is 1. The Kier molecular flexibility index (Phi) is 6.52. The van der Waals surface area contributed by atoms with E-state index >= 15 is 0 Å². The molecule has 0 rings (SSSR count). The van der Waals surface area contributed by atoms with Gasteiger partial charge in [0, 0.05) is 12.6 Å². The first kappa shape index (κ1) is 14.4. The Labute approximate surface area is 93.2 Å².